The van der Waals surface area contributed by atoms with Crippen LogP contribution in [0.4, 0.5) is 0 Å². The Bertz CT molecular complexity index is 236. The molecule has 1 aliphatic rings. The number of hydrogen-bond donors (Lipinski definition) is 3. The monoisotopic (exact) mass is 235 g/mol. The van der Waals surface area contributed by atoms with Crippen molar-refractivity contribution < 1.29 is 19.7 Å². The number of rotatable bonds is 4. The predicted molar refractivity (Wildman–Crippen MR) is 57.2 cm³/mol. The van der Waals surface area contributed by atoms with Crippen LogP contribution in [0.2, 0.25) is 0 Å². The Morgan fingerprint density at radius 2 is 2.07 bits per heavy atom. The number of nitrogens with one attached hydrogen (secondary N) is 1. The van der Waals surface area contributed by atoms with Gasteiger partial charge in [0.15, 0.2) is 12.1 Å². The average Bonchev–Trinajstić information content (AvgIpc) is 2.45. The second-order valence-corrected chi connectivity index (χ2v) is 4.49. The fourth-order valence-electron chi connectivity index (χ4n) is 1.51. The molecule has 5 nitrogen and oxygen atoms in total. The van der Waals surface area contributed by atoms with E-state index in [0.717, 1.165) is 0 Å². The van der Waals surface area contributed by atoms with Crippen molar-refractivity contribution in [2.45, 2.75) is 38.4 Å². The van der Waals surface area contributed by atoms with Gasteiger partial charge in [-0.25, -0.2) is 0 Å². The van der Waals surface area contributed by atoms with Crippen molar-refractivity contribution in [2.75, 3.05) is 6.26 Å². The fourth-order valence-corrected chi connectivity index (χ4v) is 2.05. The Morgan fingerprint density at radius 3 is 2.53 bits per heavy atom. The lowest BCUT2D eigenvalue weighted by atomic mass is 9.98. The maximum atomic E-state index is 11.7. The predicted octanol–water partition coefficient (Wildman–Crippen LogP) is -0.474. The van der Waals surface area contributed by atoms with Gasteiger partial charge in [0, 0.05) is 5.92 Å². The molecule has 1 saturated heterocycles. The fraction of sp³-hybridized carbons (Fsp3) is 0.889. The summed E-state index contributed by atoms with van der Waals surface area (Å²) in [5.74, 6) is -0.296. The van der Waals surface area contributed by atoms with Gasteiger partial charge in [-0.1, -0.05) is 25.8 Å². The van der Waals surface area contributed by atoms with Gasteiger partial charge in [0.25, 0.3) is 0 Å². The van der Waals surface area contributed by atoms with Crippen molar-refractivity contribution in [1.29, 1.82) is 0 Å². The number of aliphatic hydroxyl groups is 2. The minimum absolute atomic E-state index is 0.114. The van der Waals surface area contributed by atoms with Gasteiger partial charge in [0.05, 0.1) is 6.04 Å². The van der Waals surface area contributed by atoms with E-state index in [-0.39, 0.29) is 11.7 Å². The second kappa shape index (κ2) is 5.27. The van der Waals surface area contributed by atoms with Crippen LogP contribution >= 0.6 is 11.9 Å². The van der Waals surface area contributed by atoms with Gasteiger partial charge in [0.1, 0.15) is 12.2 Å². The smallest absolute Gasteiger partial charge is 0.183 e. The van der Waals surface area contributed by atoms with E-state index in [1.54, 1.807) is 20.1 Å². The van der Waals surface area contributed by atoms with E-state index in [2.05, 4.69) is 4.72 Å². The molecule has 4 atom stereocenters. The van der Waals surface area contributed by atoms with E-state index in [0.29, 0.717) is 0 Å². The summed E-state index contributed by atoms with van der Waals surface area (Å²) in [6.07, 6.45) is -1.34. The van der Waals surface area contributed by atoms with Crippen molar-refractivity contribution in [1.82, 2.24) is 4.72 Å². The number of aliphatic hydroxyl groups excluding tert-OH is 2. The number of Topliss-reactive ketones (excluding diaryl/α,β-unsaturated/α-hetero) is 1. The molecule has 0 saturated carbocycles. The minimum Gasteiger partial charge on any atom is -0.386 e. The second-order valence-electron chi connectivity index (χ2n) is 3.84. The average molecular weight is 235 g/mol. The molecule has 0 radical (unpaired) electrons. The molecule has 0 aliphatic carbocycles. The molecule has 1 fully saturated rings. The molecule has 0 bridgehead atoms. The van der Waals surface area contributed by atoms with Crippen LogP contribution in [0.3, 0.4) is 0 Å². The lowest BCUT2D eigenvalue weighted by Gasteiger charge is -2.20. The highest BCUT2D eigenvalue weighted by molar-refractivity contribution is 7.96. The van der Waals surface area contributed by atoms with Crippen LogP contribution in [0.15, 0.2) is 0 Å². The third-order valence-corrected chi connectivity index (χ3v) is 2.88. The molecular weight excluding hydrogens is 218 g/mol. The maximum absolute atomic E-state index is 11.7. The molecule has 3 N–H and O–H groups in total. The van der Waals surface area contributed by atoms with Crippen LogP contribution in [0.5, 0.6) is 0 Å². The largest absolute Gasteiger partial charge is 0.386 e. The number of carbonyl (C=O) groups is 1. The third kappa shape index (κ3) is 2.70. The molecule has 0 amide bonds. The lowest BCUT2D eigenvalue weighted by Crippen LogP contribution is -2.45. The Labute approximate surface area is 93.3 Å². The molecular formula is C9H17NO4S. The molecule has 15 heavy (non-hydrogen) atoms. The van der Waals surface area contributed by atoms with Gasteiger partial charge in [0.2, 0.25) is 0 Å². The Hall–Kier alpha value is -0.140. The topological polar surface area (TPSA) is 78.8 Å². The van der Waals surface area contributed by atoms with Crippen LogP contribution in [-0.4, -0.2) is 46.8 Å². The summed E-state index contributed by atoms with van der Waals surface area (Å²) in [6.45, 7) is 3.53. The Morgan fingerprint density at radius 1 is 1.47 bits per heavy atom. The Balaban J connectivity index is 2.74. The van der Waals surface area contributed by atoms with Gasteiger partial charge in [-0.15, -0.1) is 0 Å². The van der Waals surface area contributed by atoms with Gasteiger partial charge >= 0.3 is 0 Å². The van der Waals surface area contributed by atoms with Gasteiger partial charge in [-0.2, -0.15) is 0 Å². The maximum Gasteiger partial charge on any atom is 0.183 e. The van der Waals surface area contributed by atoms with E-state index in [9.17, 15) is 15.0 Å². The van der Waals surface area contributed by atoms with E-state index >= 15 is 0 Å². The van der Waals surface area contributed by atoms with E-state index < -0.39 is 24.5 Å². The quantitative estimate of drug-likeness (QED) is 0.572. The van der Waals surface area contributed by atoms with Crippen LogP contribution in [0, 0.1) is 5.92 Å². The summed E-state index contributed by atoms with van der Waals surface area (Å²) < 4.78 is 7.91. The van der Waals surface area contributed by atoms with Gasteiger partial charge < -0.3 is 14.9 Å². The molecule has 1 heterocycles. The first-order valence-corrected chi connectivity index (χ1v) is 6.05. The van der Waals surface area contributed by atoms with Crippen molar-refractivity contribution in [2.24, 2.45) is 5.92 Å². The molecule has 0 unspecified atom stereocenters. The van der Waals surface area contributed by atoms with E-state index in [4.69, 9.17) is 4.74 Å². The van der Waals surface area contributed by atoms with Crippen LogP contribution in [-0.2, 0) is 9.53 Å². The summed E-state index contributed by atoms with van der Waals surface area (Å²) in [5.41, 5.74) is 0. The molecule has 0 aromatic carbocycles. The normalized spacial score (nSPS) is 36.1. The third-order valence-electron chi connectivity index (χ3n) is 2.38. The minimum atomic E-state index is -1.29. The summed E-state index contributed by atoms with van der Waals surface area (Å²) >= 11 is 1.28. The highest BCUT2D eigenvalue weighted by atomic mass is 32.2. The van der Waals surface area contributed by atoms with Crippen molar-refractivity contribution in [3.63, 3.8) is 0 Å². The lowest BCUT2D eigenvalue weighted by molar-refractivity contribution is -0.151. The zero-order valence-electron chi connectivity index (χ0n) is 9.01. The molecule has 88 valence electrons. The summed E-state index contributed by atoms with van der Waals surface area (Å²) in [6, 6.07) is -0.551. The Kier molecular flexibility index (Phi) is 4.54. The van der Waals surface area contributed by atoms with Crippen molar-refractivity contribution in [3.05, 3.63) is 0 Å². The number of ketones is 1. The van der Waals surface area contributed by atoms with E-state index in [1.165, 1.54) is 11.9 Å². The van der Waals surface area contributed by atoms with Crippen molar-refractivity contribution in [3.8, 4) is 0 Å². The van der Waals surface area contributed by atoms with Gasteiger partial charge in [-0.3, -0.25) is 9.52 Å². The summed E-state index contributed by atoms with van der Waals surface area (Å²) in [5, 5.41) is 18.9. The highest BCUT2D eigenvalue weighted by Crippen LogP contribution is 2.23. The van der Waals surface area contributed by atoms with Crippen LogP contribution in [0.25, 0.3) is 0 Å². The van der Waals surface area contributed by atoms with E-state index in [1.807, 2.05) is 0 Å². The molecule has 0 aromatic rings. The van der Waals surface area contributed by atoms with Gasteiger partial charge in [-0.05, 0) is 6.26 Å². The number of hydrogen-bond acceptors (Lipinski definition) is 6. The first-order chi connectivity index (χ1) is 6.99. The molecule has 1 aliphatic heterocycles. The number of ether oxygens (including phenoxy) is 1. The first kappa shape index (κ1) is 12.9. The molecule has 1 rings (SSSR count). The van der Waals surface area contributed by atoms with Crippen LogP contribution < -0.4 is 4.72 Å². The zero-order valence-corrected chi connectivity index (χ0v) is 9.82. The first-order valence-electron chi connectivity index (χ1n) is 4.83. The molecule has 0 spiro atoms. The highest BCUT2D eigenvalue weighted by Gasteiger charge is 2.46. The standard InChI is InChI=1S/C9H17NO4S/c1-4(2)6(11)8-5(10-15-3)7(12)9(13)14-8/h4-5,7-10,12-13H,1-3H3/t5-,7+,8+,9-/m0/s1. The van der Waals surface area contributed by atoms with Crippen LogP contribution in [0.1, 0.15) is 13.8 Å². The molecule has 6 heteroatoms. The molecule has 0 aromatic heterocycles. The number of carbonyl (C=O) groups excluding carboxylic acids is 1. The summed E-state index contributed by atoms with van der Waals surface area (Å²) in [4.78, 5) is 11.7. The SMILES string of the molecule is CSN[C@H]1[C@@H](O)[C@@H](O)O[C@H]1C(=O)C(C)C. The zero-order chi connectivity index (χ0) is 11.6. The summed E-state index contributed by atoms with van der Waals surface area (Å²) in [7, 11) is 0. The van der Waals surface area contributed by atoms with Crippen molar-refractivity contribution >= 4 is 17.7 Å².